The van der Waals surface area contributed by atoms with Gasteiger partial charge in [-0.1, -0.05) is 84.9 Å². The molecule has 1 N–H and O–H groups in total. The summed E-state index contributed by atoms with van der Waals surface area (Å²) in [6, 6.07) is 29.5. The summed E-state index contributed by atoms with van der Waals surface area (Å²) < 4.78 is 5.63. The van der Waals surface area contributed by atoms with Crippen LogP contribution in [0.4, 0.5) is 0 Å². The van der Waals surface area contributed by atoms with Gasteiger partial charge in [0.25, 0.3) is 0 Å². The Kier molecular flexibility index (Phi) is 6.17. The number of hydrogen-bond acceptors (Lipinski definition) is 3. The normalized spacial score (nSPS) is 10.7. The van der Waals surface area contributed by atoms with Crippen molar-refractivity contribution in [1.82, 2.24) is 4.90 Å². The number of rotatable bonds is 6. The molecule has 0 aliphatic carbocycles. The van der Waals surface area contributed by atoms with E-state index in [4.69, 9.17) is 4.74 Å². The highest BCUT2D eigenvalue weighted by Gasteiger charge is 2.23. The Hall–Kier alpha value is -4.12. The molecule has 160 valence electrons. The van der Waals surface area contributed by atoms with Gasteiger partial charge in [0.15, 0.2) is 0 Å². The standard InChI is InChI=1S/C27H23NO4/c1-32-25-16-21(24-13-7-11-20-10-5-6-12-23(20)24)14-15-22(25)18-28(26(29)27(30)31)17-19-8-3-2-4-9-19/h2-16H,17-18H2,1H3,(H,30,31). The monoisotopic (exact) mass is 425 g/mol. The number of carbonyl (C=O) groups excluding carboxylic acids is 1. The quantitative estimate of drug-likeness (QED) is 0.435. The largest absolute Gasteiger partial charge is 0.496 e. The highest BCUT2D eigenvalue weighted by atomic mass is 16.5. The van der Waals surface area contributed by atoms with Crippen molar-refractivity contribution in [2.24, 2.45) is 0 Å². The maximum atomic E-state index is 12.4. The lowest BCUT2D eigenvalue weighted by molar-refractivity contribution is -0.156. The van der Waals surface area contributed by atoms with Gasteiger partial charge < -0.3 is 14.7 Å². The molecule has 0 unspecified atom stereocenters. The number of carboxylic acid groups (broad SMARTS) is 1. The van der Waals surface area contributed by atoms with Crippen LogP contribution in [-0.2, 0) is 22.7 Å². The lowest BCUT2D eigenvalue weighted by Gasteiger charge is -2.22. The molecular weight excluding hydrogens is 402 g/mol. The van der Waals surface area contributed by atoms with Gasteiger partial charge in [-0.15, -0.1) is 0 Å². The Morgan fingerprint density at radius 1 is 0.844 bits per heavy atom. The van der Waals surface area contributed by atoms with Gasteiger partial charge in [-0.2, -0.15) is 0 Å². The number of nitrogens with zero attached hydrogens (tertiary/aromatic N) is 1. The van der Waals surface area contributed by atoms with Crippen molar-refractivity contribution in [2.45, 2.75) is 13.1 Å². The summed E-state index contributed by atoms with van der Waals surface area (Å²) >= 11 is 0. The minimum atomic E-state index is -1.48. The van der Waals surface area contributed by atoms with Gasteiger partial charge in [-0.25, -0.2) is 4.79 Å². The van der Waals surface area contributed by atoms with Gasteiger partial charge in [0.2, 0.25) is 0 Å². The number of hydrogen-bond donors (Lipinski definition) is 1. The molecule has 0 radical (unpaired) electrons. The number of ether oxygens (including phenoxy) is 1. The molecule has 0 fully saturated rings. The minimum absolute atomic E-state index is 0.124. The SMILES string of the molecule is COc1cc(-c2cccc3ccccc23)ccc1CN(Cc1ccccc1)C(=O)C(=O)O. The van der Waals surface area contributed by atoms with E-state index in [1.807, 2.05) is 66.7 Å². The van der Waals surface area contributed by atoms with Crippen LogP contribution in [0.3, 0.4) is 0 Å². The first-order valence-corrected chi connectivity index (χ1v) is 10.3. The first kappa shape index (κ1) is 21.1. The maximum Gasteiger partial charge on any atom is 0.394 e. The van der Waals surface area contributed by atoms with E-state index in [1.54, 1.807) is 7.11 Å². The van der Waals surface area contributed by atoms with Crippen LogP contribution in [0.5, 0.6) is 5.75 Å². The number of fused-ring (bicyclic) bond motifs is 1. The van der Waals surface area contributed by atoms with Crippen LogP contribution in [-0.4, -0.2) is 29.0 Å². The van der Waals surface area contributed by atoms with Gasteiger partial charge in [0.1, 0.15) is 5.75 Å². The molecule has 0 bridgehead atoms. The summed E-state index contributed by atoms with van der Waals surface area (Å²) in [4.78, 5) is 25.1. The van der Waals surface area contributed by atoms with Crippen molar-refractivity contribution in [3.05, 3.63) is 102 Å². The third-order valence-corrected chi connectivity index (χ3v) is 5.44. The van der Waals surface area contributed by atoms with Crippen LogP contribution in [0.1, 0.15) is 11.1 Å². The second-order valence-corrected chi connectivity index (χ2v) is 7.51. The minimum Gasteiger partial charge on any atom is -0.496 e. The van der Waals surface area contributed by atoms with Crippen molar-refractivity contribution in [1.29, 1.82) is 0 Å². The zero-order chi connectivity index (χ0) is 22.5. The van der Waals surface area contributed by atoms with Gasteiger partial charge in [0, 0.05) is 12.1 Å². The Balaban J connectivity index is 1.68. The van der Waals surface area contributed by atoms with E-state index in [-0.39, 0.29) is 13.1 Å². The van der Waals surface area contributed by atoms with E-state index >= 15 is 0 Å². The topological polar surface area (TPSA) is 66.8 Å². The Morgan fingerprint density at radius 2 is 1.56 bits per heavy atom. The number of amides is 1. The van der Waals surface area contributed by atoms with Crippen LogP contribution < -0.4 is 4.74 Å². The second-order valence-electron chi connectivity index (χ2n) is 7.51. The fourth-order valence-electron chi connectivity index (χ4n) is 3.86. The van der Waals surface area contributed by atoms with Crippen molar-refractivity contribution in [3.8, 4) is 16.9 Å². The molecular formula is C27H23NO4. The van der Waals surface area contributed by atoms with Crippen LogP contribution in [0.25, 0.3) is 21.9 Å². The maximum absolute atomic E-state index is 12.4. The van der Waals surface area contributed by atoms with Crippen LogP contribution in [0.2, 0.25) is 0 Å². The van der Waals surface area contributed by atoms with Crippen LogP contribution in [0.15, 0.2) is 91.0 Å². The van der Waals surface area contributed by atoms with Gasteiger partial charge >= 0.3 is 11.9 Å². The van der Waals surface area contributed by atoms with Gasteiger partial charge in [-0.05, 0) is 33.5 Å². The number of benzene rings is 4. The van der Waals surface area contributed by atoms with E-state index < -0.39 is 11.9 Å². The number of carboxylic acids is 1. The zero-order valence-corrected chi connectivity index (χ0v) is 17.7. The molecule has 0 spiro atoms. The van der Waals surface area contributed by atoms with Gasteiger partial charge in [0.05, 0.1) is 13.7 Å². The number of aliphatic carboxylic acids is 1. The fraction of sp³-hybridized carbons (Fsp3) is 0.111. The third-order valence-electron chi connectivity index (χ3n) is 5.44. The van der Waals surface area contributed by atoms with Gasteiger partial charge in [-0.3, -0.25) is 4.79 Å². The molecule has 0 saturated heterocycles. The zero-order valence-electron chi connectivity index (χ0n) is 17.7. The lowest BCUT2D eigenvalue weighted by atomic mass is 9.97. The van der Waals surface area contributed by atoms with E-state index in [1.165, 1.54) is 4.90 Å². The molecule has 4 aromatic rings. The van der Waals surface area contributed by atoms with Crippen LogP contribution in [0, 0.1) is 0 Å². The Labute approximate surface area is 186 Å². The summed E-state index contributed by atoms with van der Waals surface area (Å²) in [5, 5.41) is 11.6. The summed E-state index contributed by atoms with van der Waals surface area (Å²) in [5.41, 5.74) is 3.66. The molecule has 5 heteroatoms. The highest BCUT2D eigenvalue weighted by Crippen LogP contribution is 2.33. The highest BCUT2D eigenvalue weighted by molar-refractivity contribution is 6.31. The predicted molar refractivity (Wildman–Crippen MR) is 124 cm³/mol. The summed E-state index contributed by atoms with van der Waals surface area (Å²) in [6.45, 7) is 0.319. The van der Waals surface area contributed by atoms with Crippen molar-refractivity contribution < 1.29 is 19.4 Å². The second kappa shape index (κ2) is 9.35. The summed E-state index contributed by atoms with van der Waals surface area (Å²) in [5.74, 6) is -1.83. The predicted octanol–water partition coefficient (Wildman–Crippen LogP) is 5.13. The Bertz CT molecular complexity index is 1260. The molecule has 0 aliphatic heterocycles. The molecule has 0 aromatic heterocycles. The first-order valence-electron chi connectivity index (χ1n) is 10.3. The number of carbonyl (C=O) groups is 2. The lowest BCUT2D eigenvalue weighted by Crippen LogP contribution is -2.35. The van der Waals surface area contributed by atoms with E-state index in [0.29, 0.717) is 5.75 Å². The Morgan fingerprint density at radius 3 is 2.31 bits per heavy atom. The molecule has 0 atom stereocenters. The van der Waals surface area contributed by atoms with E-state index in [0.717, 1.165) is 33.0 Å². The average molecular weight is 425 g/mol. The first-order chi connectivity index (χ1) is 15.6. The molecule has 32 heavy (non-hydrogen) atoms. The third kappa shape index (κ3) is 4.47. The van der Waals surface area contributed by atoms with Crippen molar-refractivity contribution >= 4 is 22.6 Å². The average Bonchev–Trinajstić information content (AvgIpc) is 2.83. The van der Waals surface area contributed by atoms with E-state index in [9.17, 15) is 14.7 Å². The molecule has 4 rings (SSSR count). The van der Waals surface area contributed by atoms with E-state index in [2.05, 4.69) is 24.3 Å². The summed E-state index contributed by atoms with van der Waals surface area (Å²) in [7, 11) is 1.58. The number of methoxy groups -OCH3 is 1. The molecule has 4 aromatic carbocycles. The molecule has 0 aliphatic rings. The van der Waals surface area contributed by atoms with Crippen molar-refractivity contribution in [2.75, 3.05) is 7.11 Å². The molecule has 0 saturated carbocycles. The molecule has 1 amide bonds. The molecule has 0 heterocycles. The van der Waals surface area contributed by atoms with Crippen molar-refractivity contribution in [3.63, 3.8) is 0 Å². The molecule has 5 nitrogen and oxygen atoms in total. The fourth-order valence-corrected chi connectivity index (χ4v) is 3.86. The smallest absolute Gasteiger partial charge is 0.394 e. The summed E-state index contributed by atoms with van der Waals surface area (Å²) in [6.07, 6.45) is 0. The van der Waals surface area contributed by atoms with Crippen LogP contribution >= 0.6 is 0 Å².